The van der Waals surface area contributed by atoms with Crippen LogP contribution in [0.3, 0.4) is 0 Å². The first-order valence-corrected chi connectivity index (χ1v) is 6.52. The molecule has 3 N–H and O–H groups in total. The van der Waals surface area contributed by atoms with E-state index in [1.165, 1.54) is 12.8 Å². The molecular formula is C14H22N2O. The molecule has 3 atom stereocenters. The quantitative estimate of drug-likeness (QED) is 0.845. The van der Waals surface area contributed by atoms with Gasteiger partial charge in [0.05, 0.1) is 6.10 Å². The Balaban J connectivity index is 2.17. The number of hydrogen-bond donors (Lipinski definition) is 2. The number of aliphatic hydroxyl groups excluding tert-OH is 1. The van der Waals surface area contributed by atoms with Gasteiger partial charge in [0.25, 0.3) is 0 Å². The van der Waals surface area contributed by atoms with Crippen LogP contribution in [0.25, 0.3) is 0 Å². The summed E-state index contributed by atoms with van der Waals surface area (Å²) in [6.45, 7) is 4.21. The van der Waals surface area contributed by atoms with Crippen LogP contribution in [0.4, 0.5) is 5.82 Å². The van der Waals surface area contributed by atoms with Gasteiger partial charge in [-0.05, 0) is 43.2 Å². The number of nitrogens with zero attached hydrogens (tertiary/aromatic N) is 1. The zero-order valence-corrected chi connectivity index (χ0v) is 10.7. The number of nitrogen functional groups attached to an aromatic ring is 1. The van der Waals surface area contributed by atoms with Crippen molar-refractivity contribution in [2.24, 2.45) is 11.8 Å². The number of rotatable bonds is 3. The van der Waals surface area contributed by atoms with Crippen molar-refractivity contribution >= 4 is 5.82 Å². The van der Waals surface area contributed by atoms with E-state index >= 15 is 0 Å². The minimum atomic E-state index is -0.444. The Morgan fingerprint density at radius 2 is 2.29 bits per heavy atom. The smallest absolute Gasteiger partial charge is 0.129 e. The monoisotopic (exact) mass is 234 g/mol. The van der Waals surface area contributed by atoms with E-state index in [0.29, 0.717) is 11.7 Å². The summed E-state index contributed by atoms with van der Waals surface area (Å²) < 4.78 is 0. The summed E-state index contributed by atoms with van der Waals surface area (Å²) in [4.78, 5) is 4.09. The van der Waals surface area contributed by atoms with E-state index in [-0.39, 0.29) is 0 Å². The molecule has 0 bridgehead atoms. The molecule has 2 rings (SSSR count). The van der Waals surface area contributed by atoms with Gasteiger partial charge in [0.15, 0.2) is 0 Å². The Morgan fingerprint density at radius 1 is 1.53 bits per heavy atom. The average Bonchev–Trinajstić information content (AvgIpc) is 2.77. The molecule has 0 saturated heterocycles. The van der Waals surface area contributed by atoms with E-state index in [2.05, 4.69) is 11.9 Å². The normalized spacial score (nSPS) is 26.1. The largest absolute Gasteiger partial charge is 0.388 e. The van der Waals surface area contributed by atoms with Crippen molar-refractivity contribution in [2.75, 3.05) is 5.73 Å². The Labute approximate surface area is 103 Å². The third kappa shape index (κ3) is 2.44. The highest BCUT2D eigenvalue weighted by Gasteiger charge is 2.31. The molecule has 0 aromatic carbocycles. The summed E-state index contributed by atoms with van der Waals surface area (Å²) in [6, 6.07) is 1.92. The molecule has 3 nitrogen and oxygen atoms in total. The van der Waals surface area contributed by atoms with Crippen LogP contribution in [0.5, 0.6) is 0 Å². The molecule has 1 aliphatic rings. The zero-order valence-electron chi connectivity index (χ0n) is 10.7. The highest BCUT2D eigenvalue weighted by atomic mass is 16.3. The fraction of sp³-hybridized carbons (Fsp3) is 0.643. The van der Waals surface area contributed by atoms with Gasteiger partial charge in [-0.25, -0.2) is 4.98 Å². The number of pyridine rings is 1. The second-order valence-electron chi connectivity index (χ2n) is 5.22. The van der Waals surface area contributed by atoms with Crippen LogP contribution in [0, 0.1) is 18.8 Å². The maximum atomic E-state index is 10.5. The molecule has 0 radical (unpaired) electrons. The van der Waals surface area contributed by atoms with Gasteiger partial charge in [-0.2, -0.15) is 0 Å². The van der Waals surface area contributed by atoms with Crippen LogP contribution >= 0.6 is 0 Å². The van der Waals surface area contributed by atoms with Crippen LogP contribution in [-0.4, -0.2) is 10.1 Å². The van der Waals surface area contributed by atoms with Crippen molar-refractivity contribution < 1.29 is 5.11 Å². The lowest BCUT2D eigenvalue weighted by atomic mass is 9.91. The molecule has 0 amide bonds. The Bertz CT molecular complexity index is 372. The number of aromatic nitrogens is 1. The molecule has 1 fully saturated rings. The predicted octanol–water partition coefficient (Wildman–Crippen LogP) is 2.83. The molecule has 17 heavy (non-hydrogen) atoms. The van der Waals surface area contributed by atoms with Gasteiger partial charge in [-0.3, -0.25) is 0 Å². The van der Waals surface area contributed by atoms with E-state index in [0.717, 1.165) is 29.9 Å². The first-order valence-electron chi connectivity index (χ1n) is 6.52. The predicted molar refractivity (Wildman–Crippen MR) is 69.5 cm³/mol. The lowest BCUT2D eigenvalue weighted by Crippen LogP contribution is -2.14. The fourth-order valence-corrected chi connectivity index (χ4v) is 2.98. The van der Waals surface area contributed by atoms with Crippen molar-refractivity contribution in [3.8, 4) is 0 Å². The molecule has 0 aliphatic heterocycles. The van der Waals surface area contributed by atoms with Crippen molar-refractivity contribution in [2.45, 2.75) is 45.6 Å². The molecular weight excluding hydrogens is 212 g/mol. The molecule has 94 valence electrons. The van der Waals surface area contributed by atoms with Gasteiger partial charge in [0.1, 0.15) is 5.82 Å². The van der Waals surface area contributed by atoms with Crippen molar-refractivity contribution in [3.63, 3.8) is 0 Å². The maximum absolute atomic E-state index is 10.5. The lowest BCUT2D eigenvalue weighted by molar-refractivity contribution is 0.109. The first-order chi connectivity index (χ1) is 8.13. The topological polar surface area (TPSA) is 59.1 Å². The third-order valence-electron chi connectivity index (χ3n) is 4.14. The van der Waals surface area contributed by atoms with Gasteiger partial charge in [0, 0.05) is 11.8 Å². The van der Waals surface area contributed by atoms with Gasteiger partial charge in [-0.1, -0.05) is 19.8 Å². The van der Waals surface area contributed by atoms with Crippen molar-refractivity contribution in [1.29, 1.82) is 0 Å². The summed E-state index contributed by atoms with van der Waals surface area (Å²) in [5, 5.41) is 10.5. The lowest BCUT2D eigenvalue weighted by Gasteiger charge is -2.21. The highest BCUT2D eigenvalue weighted by molar-refractivity contribution is 5.45. The summed E-state index contributed by atoms with van der Waals surface area (Å²) in [5.41, 5.74) is 7.77. The van der Waals surface area contributed by atoms with Crippen LogP contribution in [0.1, 0.15) is 49.8 Å². The molecule has 1 aromatic rings. The Hall–Kier alpha value is -1.09. The second-order valence-corrected chi connectivity index (χ2v) is 5.22. The highest BCUT2D eigenvalue weighted by Crippen LogP contribution is 2.41. The Morgan fingerprint density at radius 3 is 2.88 bits per heavy atom. The minimum Gasteiger partial charge on any atom is -0.388 e. The van der Waals surface area contributed by atoms with Crippen LogP contribution in [0.15, 0.2) is 12.3 Å². The minimum absolute atomic E-state index is 0.352. The molecule has 1 aromatic heterocycles. The first kappa shape index (κ1) is 12.4. The number of hydrogen-bond acceptors (Lipinski definition) is 3. The Kier molecular flexibility index (Phi) is 3.67. The standard InChI is InChI=1S/C14H22N2O/c1-3-10-4-5-11(8-10)13(17)12-9(2)6-7-16-14(12)15/h6-7,10-11,13,17H,3-5,8H2,1-2H3,(H2,15,16). The van der Waals surface area contributed by atoms with E-state index in [9.17, 15) is 5.11 Å². The van der Waals surface area contributed by atoms with Crippen LogP contribution < -0.4 is 5.73 Å². The van der Waals surface area contributed by atoms with E-state index in [4.69, 9.17) is 5.73 Å². The summed E-state index contributed by atoms with van der Waals surface area (Å²) in [6.07, 6.45) is 5.92. The SMILES string of the molecule is CCC1CCC(C(O)c2c(C)ccnc2N)C1. The van der Waals surface area contributed by atoms with Crippen molar-refractivity contribution in [3.05, 3.63) is 23.4 Å². The van der Waals surface area contributed by atoms with Crippen LogP contribution in [-0.2, 0) is 0 Å². The molecule has 3 heteroatoms. The average molecular weight is 234 g/mol. The van der Waals surface area contributed by atoms with Gasteiger partial charge < -0.3 is 10.8 Å². The number of nitrogens with two attached hydrogens (primary N) is 1. The number of aliphatic hydroxyl groups is 1. The number of aryl methyl sites for hydroxylation is 1. The van der Waals surface area contributed by atoms with Gasteiger partial charge in [-0.15, -0.1) is 0 Å². The summed E-state index contributed by atoms with van der Waals surface area (Å²) in [5.74, 6) is 1.61. The second kappa shape index (κ2) is 5.05. The molecule has 3 unspecified atom stereocenters. The molecule has 1 aliphatic carbocycles. The zero-order chi connectivity index (χ0) is 12.4. The van der Waals surface area contributed by atoms with Crippen LogP contribution in [0.2, 0.25) is 0 Å². The maximum Gasteiger partial charge on any atom is 0.129 e. The van der Waals surface area contributed by atoms with Gasteiger partial charge >= 0.3 is 0 Å². The van der Waals surface area contributed by atoms with E-state index in [1.54, 1.807) is 6.20 Å². The van der Waals surface area contributed by atoms with E-state index in [1.807, 2.05) is 13.0 Å². The fourth-order valence-electron chi connectivity index (χ4n) is 2.98. The van der Waals surface area contributed by atoms with E-state index < -0.39 is 6.10 Å². The van der Waals surface area contributed by atoms with Gasteiger partial charge in [0.2, 0.25) is 0 Å². The molecule has 0 spiro atoms. The summed E-state index contributed by atoms with van der Waals surface area (Å²) >= 11 is 0. The number of anilines is 1. The third-order valence-corrected chi connectivity index (χ3v) is 4.14. The van der Waals surface area contributed by atoms with Crippen molar-refractivity contribution in [1.82, 2.24) is 4.98 Å². The summed E-state index contributed by atoms with van der Waals surface area (Å²) in [7, 11) is 0. The molecule has 1 heterocycles. The molecule has 1 saturated carbocycles.